The molecule has 0 bridgehead atoms. The van der Waals surface area contributed by atoms with Crippen LogP contribution in [0.3, 0.4) is 0 Å². The van der Waals surface area contributed by atoms with E-state index in [1.165, 1.54) is 135 Å². The van der Waals surface area contributed by atoms with Gasteiger partial charge in [0.2, 0.25) is 0 Å². The van der Waals surface area contributed by atoms with Crippen molar-refractivity contribution in [3.05, 3.63) is 0 Å². The molecule has 1 atom stereocenters. The van der Waals surface area contributed by atoms with Crippen molar-refractivity contribution in [1.82, 2.24) is 0 Å². The molecule has 0 saturated heterocycles. The van der Waals surface area contributed by atoms with Gasteiger partial charge in [0.25, 0.3) is 0 Å². The Balaban J connectivity index is 3.50. The van der Waals surface area contributed by atoms with Crippen LogP contribution < -0.4 is 0 Å². The topological polar surface area (TPSA) is 72.8 Å². The molecule has 0 amide bonds. The first kappa shape index (κ1) is 39.9. The molecule has 0 radical (unpaired) electrons. The van der Waals surface area contributed by atoms with E-state index in [1.807, 2.05) is 0 Å². The standard InChI is InChI=1S/C36H70O5/c1-3-5-7-9-11-13-15-16-17-18-19-20-21-23-25-27-29-31-36(39)41-34(32-37)33-40-35(38)30-28-26-24-22-14-12-10-8-6-4-2/h34,37H,3-33H2,1-2H3/t34-/m0/s1. The van der Waals surface area contributed by atoms with E-state index in [-0.39, 0.29) is 25.2 Å². The summed E-state index contributed by atoms with van der Waals surface area (Å²) in [5.74, 6) is -0.581. The van der Waals surface area contributed by atoms with E-state index in [4.69, 9.17) is 9.47 Å². The molecule has 5 nitrogen and oxygen atoms in total. The zero-order valence-corrected chi connectivity index (χ0v) is 27.6. The number of unbranched alkanes of at least 4 members (excludes halogenated alkanes) is 25. The zero-order valence-electron chi connectivity index (χ0n) is 27.6. The summed E-state index contributed by atoms with van der Waals surface area (Å²) in [5, 5.41) is 9.50. The SMILES string of the molecule is CCCCCCCCCCCCCCCCCCCC(=O)O[C@@H](CO)COC(=O)CCCCCCCCCCCC. The molecule has 244 valence electrons. The average Bonchev–Trinajstić information content (AvgIpc) is 2.97. The predicted molar refractivity (Wildman–Crippen MR) is 173 cm³/mol. The third-order valence-corrected chi connectivity index (χ3v) is 8.15. The number of aliphatic hydroxyl groups excluding tert-OH is 1. The van der Waals surface area contributed by atoms with Crippen LogP contribution in [-0.2, 0) is 19.1 Å². The summed E-state index contributed by atoms with van der Waals surface area (Å²) in [6, 6.07) is 0. The molecule has 0 aromatic rings. The van der Waals surface area contributed by atoms with Gasteiger partial charge in [0, 0.05) is 12.8 Å². The number of hydrogen-bond donors (Lipinski definition) is 1. The Morgan fingerprint density at radius 2 is 0.756 bits per heavy atom. The molecule has 0 heterocycles. The van der Waals surface area contributed by atoms with Gasteiger partial charge in [-0.05, 0) is 12.8 Å². The quantitative estimate of drug-likeness (QED) is 0.0615. The van der Waals surface area contributed by atoms with Crippen molar-refractivity contribution in [1.29, 1.82) is 0 Å². The molecule has 0 aliphatic heterocycles. The highest BCUT2D eigenvalue weighted by Gasteiger charge is 2.16. The first-order valence-electron chi connectivity index (χ1n) is 18.1. The molecule has 0 saturated carbocycles. The summed E-state index contributed by atoms with van der Waals surface area (Å²) >= 11 is 0. The maximum Gasteiger partial charge on any atom is 0.306 e. The highest BCUT2D eigenvalue weighted by molar-refractivity contribution is 5.70. The van der Waals surface area contributed by atoms with Crippen LogP contribution in [0.2, 0.25) is 0 Å². The van der Waals surface area contributed by atoms with E-state index in [2.05, 4.69) is 13.8 Å². The van der Waals surface area contributed by atoms with Crippen LogP contribution in [-0.4, -0.2) is 36.4 Å². The second-order valence-corrected chi connectivity index (χ2v) is 12.3. The number of esters is 2. The van der Waals surface area contributed by atoms with Gasteiger partial charge in [-0.1, -0.05) is 174 Å². The van der Waals surface area contributed by atoms with Gasteiger partial charge in [-0.2, -0.15) is 0 Å². The molecule has 0 aromatic heterocycles. The normalized spacial score (nSPS) is 12.0. The molecule has 0 aromatic carbocycles. The minimum Gasteiger partial charge on any atom is -0.462 e. The number of rotatable bonds is 33. The van der Waals surface area contributed by atoms with Gasteiger partial charge >= 0.3 is 11.9 Å². The Morgan fingerprint density at radius 3 is 1.07 bits per heavy atom. The van der Waals surface area contributed by atoms with Crippen molar-refractivity contribution in [3.63, 3.8) is 0 Å². The Bertz CT molecular complexity index is 550. The summed E-state index contributed by atoms with van der Waals surface area (Å²) < 4.78 is 10.6. The van der Waals surface area contributed by atoms with Crippen LogP contribution in [0.5, 0.6) is 0 Å². The molecule has 41 heavy (non-hydrogen) atoms. The first-order chi connectivity index (χ1) is 20.1. The van der Waals surface area contributed by atoms with Crippen molar-refractivity contribution in [2.24, 2.45) is 0 Å². The number of ether oxygens (including phenoxy) is 2. The Kier molecular flexibility index (Phi) is 32.5. The molecule has 0 rings (SSSR count). The monoisotopic (exact) mass is 583 g/mol. The summed E-state index contributed by atoms with van der Waals surface area (Å²) in [6.45, 7) is 4.14. The molecule has 0 spiro atoms. The second kappa shape index (κ2) is 33.4. The van der Waals surface area contributed by atoms with Crippen molar-refractivity contribution < 1.29 is 24.2 Å². The van der Waals surface area contributed by atoms with Gasteiger partial charge in [-0.3, -0.25) is 9.59 Å². The molecule has 0 unspecified atom stereocenters. The van der Waals surface area contributed by atoms with Crippen molar-refractivity contribution in [2.45, 2.75) is 206 Å². The summed E-state index contributed by atoms with van der Waals surface area (Å²) in [7, 11) is 0. The molecule has 0 aliphatic rings. The smallest absolute Gasteiger partial charge is 0.306 e. The van der Waals surface area contributed by atoms with Crippen LogP contribution in [0.25, 0.3) is 0 Å². The Morgan fingerprint density at radius 1 is 0.463 bits per heavy atom. The summed E-state index contributed by atoms with van der Waals surface area (Å²) in [6.07, 6.45) is 34.4. The van der Waals surface area contributed by atoms with E-state index in [9.17, 15) is 14.7 Å². The third-order valence-electron chi connectivity index (χ3n) is 8.15. The largest absolute Gasteiger partial charge is 0.462 e. The van der Waals surface area contributed by atoms with E-state index < -0.39 is 6.10 Å². The van der Waals surface area contributed by atoms with Crippen molar-refractivity contribution in [2.75, 3.05) is 13.2 Å². The summed E-state index contributed by atoms with van der Waals surface area (Å²) in [5.41, 5.74) is 0. The molecular weight excluding hydrogens is 512 g/mol. The lowest BCUT2D eigenvalue weighted by atomic mass is 10.0. The maximum absolute atomic E-state index is 12.1. The van der Waals surface area contributed by atoms with E-state index in [0.717, 1.165) is 38.5 Å². The lowest BCUT2D eigenvalue weighted by molar-refractivity contribution is -0.161. The second-order valence-electron chi connectivity index (χ2n) is 12.3. The lowest BCUT2D eigenvalue weighted by Gasteiger charge is -2.15. The molecule has 0 aliphatic carbocycles. The van der Waals surface area contributed by atoms with E-state index in [0.29, 0.717) is 12.8 Å². The van der Waals surface area contributed by atoms with Crippen LogP contribution >= 0.6 is 0 Å². The Hall–Kier alpha value is -1.10. The number of carbonyl (C=O) groups excluding carboxylic acids is 2. The molecule has 5 heteroatoms. The third kappa shape index (κ3) is 31.7. The Labute approximate surface area is 255 Å². The molecular formula is C36H70O5. The van der Waals surface area contributed by atoms with Gasteiger partial charge in [-0.25, -0.2) is 0 Å². The lowest BCUT2D eigenvalue weighted by Crippen LogP contribution is -2.28. The minimum atomic E-state index is -0.759. The van der Waals surface area contributed by atoms with Gasteiger partial charge in [-0.15, -0.1) is 0 Å². The van der Waals surface area contributed by atoms with Crippen LogP contribution in [0.4, 0.5) is 0 Å². The minimum absolute atomic E-state index is 0.0577. The number of aliphatic hydroxyl groups is 1. The van der Waals surface area contributed by atoms with Crippen molar-refractivity contribution >= 4 is 11.9 Å². The predicted octanol–water partition coefficient (Wildman–Crippen LogP) is 10.8. The molecule has 0 fully saturated rings. The fourth-order valence-corrected chi connectivity index (χ4v) is 5.38. The van der Waals surface area contributed by atoms with Crippen molar-refractivity contribution in [3.8, 4) is 0 Å². The molecule has 1 N–H and O–H groups in total. The number of carbonyl (C=O) groups is 2. The zero-order chi connectivity index (χ0) is 30.1. The highest BCUT2D eigenvalue weighted by Crippen LogP contribution is 2.15. The van der Waals surface area contributed by atoms with Crippen LogP contribution in [0.1, 0.15) is 200 Å². The van der Waals surface area contributed by atoms with Gasteiger partial charge < -0.3 is 14.6 Å². The highest BCUT2D eigenvalue weighted by atomic mass is 16.6. The summed E-state index contributed by atoms with van der Waals surface area (Å²) in [4.78, 5) is 24.1. The van der Waals surface area contributed by atoms with Gasteiger partial charge in [0.1, 0.15) is 6.61 Å². The fourth-order valence-electron chi connectivity index (χ4n) is 5.38. The van der Waals surface area contributed by atoms with Crippen LogP contribution in [0, 0.1) is 0 Å². The average molecular weight is 583 g/mol. The fraction of sp³-hybridized carbons (Fsp3) is 0.944. The van der Waals surface area contributed by atoms with Gasteiger partial charge in [0.15, 0.2) is 6.10 Å². The van der Waals surface area contributed by atoms with Gasteiger partial charge in [0.05, 0.1) is 6.61 Å². The number of hydrogen-bond acceptors (Lipinski definition) is 5. The first-order valence-corrected chi connectivity index (χ1v) is 18.1. The maximum atomic E-state index is 12.1. The van der Waals surface area contributed by atoms with Crippen LogP contribution in [0.15, 0.2) is 0 Å². The van der Waals surface area contributed by atoms with E-state index >= 15 is 0 Å². The van der Waals surface area contributed by atoms with E-state index in [1.54, 1.807) is 0 Å².